The van der Waals surface area contributed by atoms with Gasteiger partial charge in [-0.25, -0.2) is 4.79 Å². The van der Waals surface area contributed by atoms with Crippen LogP contribution in [0.4, 0.5) is 0 Å². The lowest BCUT2D eigenvalue weighted by molar-refractivity contribution is -0.135. The Bertz CT molecular complexity index is 843. The lowest BCUT2D eigenvalue weighted by Crippen LogP contribution is -2.04. The summed E-state index contributed by atoms with van der Waals surface area (Å²) in [5.41, 5.74) is 4.97. The minimum Gasteiger partial charge on any atom is -0.489 e. The van der Waals surface area contributed by atoms with Crippen LogP contribution in [0.25, 0.3) is 6.08 Å². The van der Waals surface area contributed by atoms with Crippen LogP contribution >= 0.6 is 0 Å². The smallest absolute Gasteiger partial charge is 0.348 e. The summed E-state index contributed by atoms with van der Waals surface area (Å²) in [5, 5.41) is 9.15. The highest BCUT2D eigenvalue weighted by atomic mass is 16.5. The van der Waals surface area contributed by atoms with Gasteiger partial charge in [-0.1, -0.05) is 35.4 Å². The Hall–Kier alpha value is -3.06. The van der Waals surface area contributed by atoms with E-state index in [1.165, 1.54) is 12.7 Å². The molecule has 0 radical (unpaired) electrons. The van der Waals surface area contributed by atoms with Gasteiger partial charge >= 0.3 is 5.97 Å². The zero-order valence-electron chi connectivity index (χ0n) is 14.9. The number of benzene rings is 2. The van der Waals surface area contributed by atoms with Crippen LogP contribution in [0.2, 0.25) is 0 Å². The molecular formula is C21H21NO3. The average Bonchev–Trinajstić information content (AvgIpc) is 2.61. The molecule has 0 spiro atoms. The van der Waals surface area contributed by atoms with Crippen molar-refractivity contribution in [3.05, 3.63) is 69.8 Å². The van der Waals surface area contributed by atoms with E-state index >= 15 is 0 Å². The maximum atomic E-state index is 11.6. The molecule has 0 N–H and O–H groups in total. The number of nitriles is 1. The number of nitrogens with zero attached hydrogens (tertiary/aromatic N) is 1. The average molecular weight is 335 g/mol. The van der Waals surface area contributed by atoms with Crippen molar-refractivity contribution in [1.82, 2.24) is 0 Å². The van der Waals surface area contributed by atoms with E-state index in [1.807, 2.05) is 63.2 Å². The van der Waals surface area contributed by atoms with E-state index in [-0.39, 0.29) is 5.57 Å². The summed E-state index contributed by atoms with van der Waals surface area (Å²) in [6.45, 7) is 6.36. The van der Waals surface area contributed by atoms with Crippen LogP contribution in [0.3, 0.4) is 0 Å². The number of methoxy groups -OCH3 is 1. The van der Waals surface area contributed by atoms with Crippen LogP contribution in [-0.4, -0.2) is 13.1 Å². The molecule has 0 heterocycles. The number of rotatable bonds is 5. The Morgan fingerprint density at radius 3 is 2.40 bits per heavy atom. The molecule has 25 heavy (non-hydrogen) atoms. The molecule has 0 aliphatic heterocycles. The molecule has 0 aromatic heterocycles. The fourth-order valence-corrected chi connectivity index (χ4v) is 2.46. The van der Waals surface area contributed by atoms with Crippen molar-refractivity contribution in [2.24, 2.45) is 0 Å². The normalized spacial score (nSPS) is 10.9. The Labute approximate surface area is 148 Å². The minimum atomic E-state index is -0.638. The van der Waals surface area contributed by atoms with Gasteiger partial charge in [0.2, 0.25) is 0 Å². The lowest BCUT2D eigenvalue weighted by atomic mass is 9.98. The first kappa shape index (κ1) is 18.3. The molecule has 0 atom stereocenters. The van der Waals surface area contributed by atoms with E-state index < -0.39 is 5.97 Å². The number of hydrogen-bond donors (Lipinski definition) is 0. The molecule has 0 bridgehead atoms. The van der Waals surface area contributed by atoms with Crippen molar-refractivity contribution < 1.29 is 14.3 Å². The molecule has 2 aromatic carbocycles. The molecular weight excluding hydrogens is 314 g/mol. The molecule has 0 saturated carbocycles. The number of carbonyl (C=O) groups excluding carboxylic acids is 1. The Morgan fingerprint density at radius 2 is 1.80 bits per heavy atom. The highest BCUT2D eigenvalue weighted by molar-refractivity contribution is 5.98. The van der Waals surface area contributed by atoms with Crippen molar-refractivity contribution in [2.45, 2.75) is 27.4 Å². The summed E-state index contributed by atoms with van der Waals surface area (Å²) in [7, 11) is 1.26. The molecule has 0 saturated heterocycles. The standard InChI is InChI=1S/C21H21NO3/c1-14-5-7-20(8-6-14)25-13-19-10-15(2)9-17(16(19)3)11-18(12-22)21(23)24-4/h5-11H,13H2,1-4H3/b18-11+. The Morgan fingerprint density at radius 1 is 1.12 bits per heavy atom. The number of hydrogen-bond acceptors (Lipinski definition) is 4. The van der Waals surface area contributed by atoms with Gasteiger partial charge in [-0.15, -0.1) is 0 Å². The number of aryl methyl sites for hydroxylation is 2. The third-order valence-electron chi connectivity index (χ3n) is 3.94. The maximum Gasteiger partial charge on any atom is 0.348 e. The van der Waals surface area contributed by atoms with Crippen molar-refractivity contribution in [3.63, 3.8) is 0 Å². The topological polar surface area (TPSA) is 59.3 Å². The Balaban J connectivity index is 2.30. The molecule has 0 unspecified atom stereocenters. The predicted octanol–water partition coefficient (Wildman–Crippen LogP) is 4.27. The summed E-state index contributed by atoms with van der Waals surface area (Å²) in [6.07, 6.45) is 1.56. The molecule has 2 rings (SSSR count). The van der Waals surface area contributed by atoms with Crippen LogP contribution < -0.4 is 4.74 Å². The molecule has 0 aliphatic rings. The van der Waals surface area contributed by atoms with Gasteiger partial charge in [0.15, 0.2) is 0 Å². The second kappa shape index (κ2) is 8.16. The second-order valence-corrected chi connectivity index (χ2v) is 5.90. The van der Waals surface area contributed by atoms with Crippen molar-refractivity contribution in [3.8, 4) is 11.8 Å². The first-order valence-electron chi connectivity index (χ1n) is 7.94. The van der Waals surface area contributed by atoms with Gasteiger partial charge in [-0.2, -0.15) is 5.26 Å². The third-order valence-corrected chi connectivity index (χ3v) is 3.94. The van der Waals surface area contributed by atoms with Crippen LogP contribution in [-0.2, 0) is 16.1 Å². The molecule has 0 fully saturated rings. The van der Waals surface area contributed by atoms with Crippen LogP contribution in [0.5, 0.6) is 5.75 Å². The van der Waals surface area contributed by atoms with Crippen LogP contribution in [0, 0.1) is 32.1 Å². The van der Waals surface area contributed by atoms with Crippen LogP contribution in [0.15, 0.2) is 42.0 Å². The van der Waals surface area contributed by atoms with E-state index in [4.69, 9.17) is 10.00 Å². The highest BCUT2D eigenvalue weighted by Gasteiger charge is 2.11. The van der Waals surface area contributed by atoms with Gasteiger partial charge in [-0.3, -0.25) is 0 Å². The third kappa shape index (κ3) is 4.71. The summed E-state index contributed by atoms with van der Waals surface area (Å²) >= 11 is 0. The van der Waals surface area contributed by atoms with E-state index in [1.54, 1.807) is 6.08 Å². The quantitative estimate of drug-likeness (QED) is 0.465. The van der Waals surface area contributed by atoms with Crippen LogP contribution in [0.1, 0.15) is 27.8 Å². The SMILES string of the molecule is COC(=O)/C(C#N)=C/c1cc(C)cc(COc2ccc(C)cc2)c1C. The largest absolute Gasteiger partial charge is 0.489 e. The van der Waals surface area contributed by atoms with Gasteiger partial charge in [0.05, 0.1) is 7.11 Å². The molecule has 0 aliphatic carbocycles. The monoisotopic (exact) mass is 335 g/mol. The van der Waals surface area contributed by atoms with E-state index in [9.17, 15) is 4.79 Å². The molecule has 4 heteroatoms. The summed E-state index contributed by atoms with van der Waals surface area (Å²) in [4.78, 5) is 11.6. The Kier molecular flexibility index (Phi) is 5.97. The molecule has 0 amide bonds. The summed E-state index contributed by atoms with van der Waals surface area (Å²) in [6, 6.07) is 13.7. The van der Waals surface area contributed by atoms with Gasteiger partial charge in [0, 0.05) is 0 Å². The molecule has 128 valence electrons. The fraction of sp³-hybridized carbons (Fsp3) is 0.238. The van der Waals surface area contributed by atoms with Crippen molar-refractivity contribution in [1.29, 1.82) is 5.26 Å². The van der Waals surface area contributed by atoms with Crippen molar-refractivity contribution in [2.75, 3.05) is 7.11 Å². The first-order chi connectivity index (χ1) is 11.9. The van der Waals surface area contributed by atoms with E-state index in [0.29, 0.717) is 6.61 Å². The number of carbonyl (C=O) groups is 1. The molecule has 4 nitrogen and oxygen atoms in total. The summed E-state index contributed by atoms with van der Waals surface area (Å²) < 4.78 is 10.5. The maximum absolute atomic E-state index is 11.6. The summed E-state index contributed by atoms with van der Waals surface area (Å²) in [5.74, 6) is 0.164. The lowest BCUT2D eigenvalue weighted by Gasteiger charge is -2.13. The van der Waals surface area contributed by atoms with Crippen molar-refractivity contribution >= 4 is 12.0 Å². The van der Waals surface area contributed by atoms with E-state index in [0.717, 1.165) is 28.0 Å². The van der Waals surface area contributed by atoms with E-state index in [2.05, 4.69) is 4.74 Å². The van der Waals surface area contributed by atoms with Gasteiger partial charge in [0.1, 0.15) is 24.0 Å². The minimum absolute atomic E-state index is 0.0263. The van der Waals surface area contributed by atoms with Gasteiger partial charge in [0.25, 0.3) is 0 Å². The predicted molar refractivity (Wildman–Crippen MR) is 97.0 cm³/mol. The molecule has 2 aromatic rings. The second-order valence-electron chi connectivity index (χ2n) is 5.90. The van der Waals surface area contributed by atoms with Gasteiger partial charge < -0.3 is 9.47 Å². The zero-order valence-corrected chi connectivity index (χ0v) is 14.9. The highest BCUT2D eigenvalue weighted by Crippen LogP contribution is 2.22. The number of ether oxygens (including phenoxy) is 2. The fourth-order valence-electron chi connectivity index (χ4n) is 2.46. The number of esters is 1. The first-order valence-corrected chi connectivity index (χ1v) is 7.94. The van der Waals surface area contributed by atoms with Gasteiger partial charge in [-0.05, 0) is 55.7 Å². The zero-order chi connectivity index (χ0) is 18.4.